The van der Waals surface area contributed by atoms with E-state index >= 15 is 0 Å². The van der Waals surface area contributed by atoms with Gasteiger partial charge in [0, 0.05) is 26.8 Å². The van der Waals surface area contributed by atoms with Gasteiger partial charge in [0.2, 0.25) is 0 Å². The number of likely N-dealkylation sites (tertiary alicyclic amines) is 1. The second-order valence-corrected chi connectivity index (χ2v) is 7.72. The molecule has 0 radical (unpaired) electrons. The molecule has 2 heterocycles. The standard InChI is InChI=1S/C16H27BrN2S/c1-3-7-13-8-5-6-9-19(13)16(14(18)4-2)15-10-12(17)11-20-15/h10-11,13-14,16H,3-9,18H2,1-2H3. The van der Waals surface area contributed by atoms with Crippen LogP contribution in [0.4, 0.5) is 0 Å². The average molecular weight is 359 g/mol. The molecule has 4 heteroatoms. The van der Waals surface area contributed by atoms with Gasteiger partial charge < -0.3 is 5.73 Å². The molecule has 0 amide bonds. The lowest BCUT2D eigenvalue weighted by molar-refractivity contribution is 0.0743. The van der Waals surface area contributed by atoms with Gasteiger partial charge in [-0.15, -0.1) is 11.3 Å². The third kappa shape index (κ3) is 3.85. The summed E-state index contributed by atoms with van der Waals surface area (Å²) >= 11 is 5.44. The van der Waals surface area contributed by atoms with Crippen molar-refractivity contribution in [1.82, 2.24) is 4.90 Å². The van der Waals surface area contributed by atoms with Crippen LogP contribution in [0.25, 0.3) is 0 Å². The maximum atomic E-state index is 6.50. The second-order valence-electron chi connectivity index (χ2n) is 5.86. The summed E-state index contributed by atoms with van der Waals surface area (Å²) in [5, 5.41) is 2.18. The van der Waals surface area contributed by atoms with E-state index in [1.165, 1.54) is 48.0 Å². The molecule has 1 aliphatic rings. The van der Waals surface area contributed by atoms with Crippen LogP contribution in [0.3, 0.4) is 0 Å². The van der Waals surface area contributed by atoms with E-state index in [2.05, 4.69) is 46.1 Å². The van der Waals surface area contributed by atoms with Crippen molar-refractivity contribution in [3.8, 4) is 0 Å². The molecule has 0 aliphatic carbocycles. The highest BCUT2D eigenvalue weighted by atomic mass is 79.9. The van der Waals surface area contributed by atoms with Gasteiger partial charge in [-0.05, 0) is 54.2 Å². The van der Waals surface area contributed by atoms with Crippen molar-refractivity contribution >= 4 is 27.3 Å². The summed E-state index contributed by atoms with van der Waals surface area (Å²) in [5.41, 5.74) is 6.50. The van der Waals surface area contributed by atoms with E-state index in [1.54, 1.807) is 0 Å². The van der Waals surface area contributed by atoms with E-state index in [0.717, 1.165) is 12.5 Å². The van der Waals surface area contributed by atoms with Crippen molar-refractivity contribution in [3.05, 3.63) is 20.8 Å². The summed E-state index contributed by atoms with van der Waals surface area (Å²) in [6.07, 6.45) is 7.65. The summed E-state index contributed by atoms with van der Waals surface area (Å²) in [6, 6.07) is 3.62. The topological polar surface area (TPSA) is 29.3 Å². The zero-order valence-corrected chi connectivity index (χ0v) is 15.0. The Labute approximate surface area is 135 Å². The van der Waals surface area contributed by atoms with E-state index in [0.29, 0.717) is 6.04 Å². The van der Waals surface area contributed by atoms with Crippen LogP contribution in [0, 0.1) is 0 Å². The summed E-state index contributed by atoms with van der Waals surface area (Å²) in [4.78, 5) is 4.13. The van der Waals surface area contributed by atoms with E-state index in [9.17, 15) is 0 Å². The van der Waals surface area contributed by atoms with Gasteiger partial charge in [-0.3, -0.25) is 4.90 Å². The van der Waals surface area contributed by atoms with Gasteiger partial charge in [-0.25, -0.2) is 0 Å². The molecule has 0 saturated carbocycles. The Balaban J connectivity index is 2.24. The molecule has 20 heavy (non-hydrogen) atoms. The van der Waals surface area contributed by atoms with Gasteiger partial charge in [0.1, 0.15) is 0 Å². The summed E-state index contributed by atoms with van der Waals surface area (Å²) < 4.78 is 1.19. The van der Waals surface area contributed by atoms with Crippen molar-refractivity contribution < 1.29 is 0 Å². The van der Waals surface area contributed by atoms with E-state index in [4.69, 9.17) is 5.73 Å². The molecule has 3 atom stereocenters. The minimum Gasteiger partial charge on any atom is -0.326 e. The molecular weight excluding hydrogens is 332 g/mol. The number of nitrogens with two attached hydrogens (primary N) is 1. The van der Waals surface area contributed by atoms with Gasteiger partial charge in [0.15, 0.2) is 0 Å². The number of hydrogen-bond donors (Lipinski definition) is 1. The van der Waals surface area contributed by atoms with Crippen molar-refractivity contribution in [1.29, 1.82) is 0 Å². The highest BCUT2D eigenvalue weighted by Crippen LogP contribution is 2.37. The first-order chi connectivity index (χ1) is 9.67. The van der Waals surface area contributed by atoms with E-state index in [1.807, 2.05) is 11.3 Å². The lowest BCUT2D eigenvalue weighted by Crippen LogP contribution is -2.48. The van der Waals surface area contributed by atoms with Crippen molar-refractivity contribution in [2.45, 2.75) is 70.5 Å². The van der Waals surface area contributed by atoms with Crippen LogP contribution in [0.2, 0.25) is 0 Å². The molecule has 1 fully saturated rings. The first-order valence-electron chi connectivity index (χ1n) is 7.92. The van der Waals surface area contributed by atoms with Crippen LogP contribution in [-0.2, 0) is 0 Å². The number of thiophene rings is 1. The first-order valence-corrected chi connectivity index (χ1v) is 9.59. The number of halogens is 1. The number of rotatable bonds is 6. The molecule has 0 bridgehead atoms. The Hall–Kier alpha value is 0.1000. The predicted molar refractivity (Wildman–Crippen MR) is 92.3 cm³/mol. The quantitative estimate of drug-likeness (QED) is 0.779. The summed E-state index contributed by atoms with van der Waals surface area (Å²) in [7, 11) is 0. The minimum absolute atomic E-state index is 0.234. The van der Waals surface area contributed by atoms with E-state index < -0.39 is 0 Å². The molecule has 1 aromatic rings. The molecule has 2 rings (SSSR count). The number of nitrogens with zero attached hydrogens (tertiary/aromatic N) is 1. The largest absolute Gasteiger partial charge is 0.326 e. The number of piperidine rings is 1. The van der Waals surface area contributed by atoms with Gasteiger partial charge in [-0.2, -0.15) is 0 Å². The fraction of sp³-hybridized carbons (Fsp3) is 0.750. The van der Waals surface area contributed by atoms with Crippen molar-refractivity contribution in [2.75, 3.05) is 6.54 Å². The molecule has 3 unspecified atom stereocenters. The molecule has 0 aromatic carbocycles. The maximum absolute atomic E-state index is 6.50. The monoisotopic (exact) mass is 358 g/mol. The zero-order valence-electron chi connectivity index (χ0n) is 12.6. The number of hydrogen-bond acceptors (Lipinski definition) is 3. The summed E-state index contributed by atoms with van der Waals surface area (Å²) in [5.74, 6) is 0. The Morgan fingerprint density at radius 3 is 2.85 bits per heavy atom. The van der Waals surface area contributed by atoms with Gasteiger partial charge in [0.05, 0.1) is 6.04 Å². The average Bonchev–Trinajstić information content (AvgIpc) is 2.87. The Bertz CT molecular complexity index is 405. The van der Waals surface area contributed by atoms with Crippen LogP contribution < -0.4 is 5.73 Å². The van der Waals surface area contributed by atoms with Crippen LogP contribution >= 0.6 is 27.3 Å². The third-order valence-corrected chi connectivity index (χ3v) is 6.17. The minimum atomic E-state index is 0.234. The zero-order chi connectivity index (χ0) is 14.5. The molecule has 1 aliphatic heterocycles. The van der Waals surface area contributed by atoms with Crippen LogP contribution in [-0.4, -0.2) is 23.5 Å². The molecule has 1 aromatic heterocycles. The Morgan fingerprint density at radius 1 is 1.45 bits per heavy atom. The molecule has 2 N–H and O–H groups in total. The summed E-state index contributed by atoms with van der Waals surface area (Å²) in [6.45, 7) is 5.71. The van der Waals surface area contributed by atoms with Gasteiger partial charge in [0.25, 0.3) is 0 Å². The molecular formula is C16H27BrN2S. The fourth-order valence-corrected chi connectivity index (χ4v) is 5.00. The van der Waals surface area contributed by atoms with Crippen LogP contribution in [0.15, 0.2) is 15.9 Å². The van der Waals surface area contributed by atoms with Gasteiger partial charge >= 0.3 is 0 Å². The molecule has 2 nitrogen and oxygen atoms in total. The lowest BCUT2D eigenvalue weighted by Gasteiger charge is -2.43. The second kappa shape index (κ2) is 7.92. The van der Waals surface area contributed by atoms with E-state index in [-0.39, 0.29) is 6.04 Å². The Kier molecular flexibility index (Phi) is 6.53. The molecule has 114 valence electrons. The third-order valence-electron chi connectivity index (χ3n) is 4.41. The highest BCUT2D eigenvalue weighted by molar-refractivity contribution is 9.10. The maximum Gasteiger partial charge on any atom is 0.0596 e. The van der Waals surface area contributed by atoms with Gasteiger partial charge in [-0.1, -0.05) is 26.7 Å². The van der Waals surface area contributed by atoms with Crippen molar-refractivity contribution in [2.24, 2.45) is 5.73 Å². The Morgan fingerprint density at radius 2 is 2.25 bits per heavy atom. The van der Waals surface area contributed by atoms with Crippen LogP contribution in [0.1, 0.15) is 63.3 Å². The smallest absolute Gasteiger partial charge is 0.0596 e. The molecule has 1 saturated heterocycles. The fourth-order valence-electron chi connectivity index (χ4n) is 3.36. The van der Waals surface area contributed by atoms with Crippen molar-refractivity contribution in [3.63, 3.8) is 0 Å². The lowest BCUT2D eigenvalue weighted by atomic mass is 9.92. The molecule has 0 spiro atoms. The predicted octanol–water partition coefficient (Wildman–Crippen LogP) is 4.94. The van der Waals surface area contributed by atoms with Crippen LogP contribution in [0.5, 0.6) is 0 Å². The SMILES string of the molecule is CCCC1CCCCN1C(c1cc(Br)cs1)C(N)CC. The first kappa shape index (κ1) is 16.5. The highest BCUT2D eigenvalue weighted by Gasteiger charge is 2.33. The normalized spacial score (nSPS) is 23.7.